The Kier molecular flexibility index (Phi) is 6.86. The number of carboxylic acid groups (broad SMARTS) is 1. The number of aromatic nitrogens is 4. The number of hydrogen-bond donors (Lipinski definition) is 2. The van der Waals surface area contributed by atoms with E-state index in [0.29, 0.717) is 0 Å². The zero-order valence-corrected chi connectivity index (χ0v) is 17.1. The lowest BCUT2D eigenvalue weighted by Gasteiger charge is -2.26. The molecule has 0 saturated carbocycles. The van der Waals surface area contributed by atoms with Gasteiger partial charge in [-0.3, -0.25) is 4.90 Å². The summed E-state index contributed by atoms with van der Waals surface area (Å²) in [5, 5.41) is 19.4. The Bertz CT molecular complexity index is 1040. The molecule has 0 unspecified atom stereocenters. The third kappa shape index (κ3) is 5.98. The molecular weight excluding hydrogens is 413 g/mol. The standard InChI is InChI=1S/C18H22N6.C2HF3O2/c1-13-9-15(11-24-10-14(2)20-18(13)24)17-4-3-16(21-22-17)12-23-7-5-19-6-8-23;3-2(4,5)1(6)7/h3-4,9-11,19H,5-8,12H2,1-2H3;(H,6,7). The molecule has 4 heterocycles. The van der Waals surface area contributed by atoms with Crippen LogP contribution in [0.5, 0.6) is 0 Å². The number of aryl methyl sites for hydroxylation is 2. The van der Waals surface area contributed by atoms with Gasteiger partial charge >= 0.3 is 12.1 Å². The molecule has 1 fully saturated rings. The van der Waals surface area contributed by atoms with Crippen molar-refractivity contribution in [2.45, 2.75) is 26.6 Å². The molecule has 1 saturated heterocycles. The van der Waals surface area contributed by atoms with E-state index in [9.17, 15) is 13.2 Å². The monoisotopic (exact) mass is 436 g/mol. The fourth-order valence-electron chi connectivity index (χ4n) is 3.23. The average Bonchev–Trinajstić information content (AvgIpc) is 3.10. The molecule has 0 atom stereocenters. The SMILES string of the molecule is Cc1cn2cc(-c3ccc(CN4CCNCC4)nn3)cc(C)c2n1.O=C(O)C(F)(F)F. The topological polar surface area (TPSA) is 95.7 Å². The van der Waals surface area contributed by atoms with Crippen molar-refractivity contribution >= 4 is 11.6 Å². The highest BCUT2D eigenvalue weighted by atomic mass is 19.4. The van der Waals surface area contributed by atoms with Crippen LogP contribution in [0.2, 0.25) is 0 Å². The molecule has 8 nitrogen and oxygen atoms in total. The van der Waals surface area contributed by atoms with Gasteiger partial charge in [0.15, 0.2) is 0 Å². The van der Waals surface area contributed by atoms with Crippen LogP contribution in [0.15, 0.2) is 30.6 Å². The third-order valence-corrected chi connectivity index (χ3v) is 4.71. The number of carbonyl (C=O) groups is 1. The molecule has 1 aliphatic heterocycles. The number of imidazole rings is 1. The molecule has 166 valence electrons. The molecule has 0 aromatic carbocycles. The summed E-state index contributed by atoms with van der Waals surface area (Å²) in [6.07, 6.45) is -0.972. The van der Waals surface area contributed by atoms with E-state index in [1.54, 1.807) is 0 Å². The summed E-state index contributed by atoms with van der Waals surface area (Å²) in [6, 6.07) is 6.28. The fraction of sp³-hybridized carbons (Fsp3) is 0.400. The maximum atomic E-state index is 10.6. The number of rotatable bonds is 3. The van der Waals surface area contributed by atoms with E-state index < -0.39 is 12.1 Å². The highest BCUT2D eigenvalue weighted by Gasteiger charge is 2.38. The number of fused-ring (bicyclic) bond motifs is 1. The summed E-state index contributed by atoms with van der Waals surface area (Å²) in [4.78, 5) is 15.8. The zero-order valence-electron chi connectivity index (χ0n) is 17.1. The first-order chi connectivity index (χ1) is 14.6. The number of hydrogen-bond acceptors (Lipinski definition) is 6. The van der Waals surface area contributed by atoms with Crippen LogP contribution in [0.4, 0.5) is 13.2 Å². The summed E-state index contributed by atoms with van der Waals surface area (Å²) in [5.41, 5.74) is 6.16. The van der Waals surface area contributed by atoms with Crippen LogP contribution >= 0.6 is 0 Å². The van der Waals surface area contributed by atoms with E-state index in [1.165, 1.54) is 0 Å². The van der Waals surface area contributed by atoms with E-state index in [1.807, 2.05) is 13.1 Å². The quantitative estimate of drug-likeness (QED) is 0.651. The van der Waals surface area contributed by atoms with E-state index in [-0.39, 0.29) is 0 Å². The molecule has 0 radical (unpaired) electrons. The van der Waals surface area contributed by atoms with Crippen molar-refractivity contribution in [2.24, 2.45) is 0 Å². The second kappa shape index (κ2) is 9.40. The van der Waals surface area contributed by atoms with Crippen LogP contribution in [-0.4, -0.2) is 67.9 Å². The molecule has 1 aliphatic rings. The van der Waals surface area contributed by atoms with Gasteiger partial charge in [0.25, 0.3) is 0 Å². The van der Waals surface area contributed by atoms with Crippen molar-refractivity contribution in [1.82, 2.24) is 29.8 Å². The molecule has 2 N–H and O–H groups in total. The lowest BCUT2D eigenvalue weighted by molar-refractivity contribution is -0.192. The maximum Gasteiger partial charge on any atom is 0.490 e. The van der Waals surface area contributed by atoms with Gasteiger partial charge in [-0.05, 0) is 37.6 Å². The number of nitrogens with zero attached hydrogens (tertiary/aromatic N) is 5. The van der Waals surface area contributed by atoms with E-state index in [0.717, 1.165) is 66.6 Å². The second-order valence-electron chi connectivity index (χ2n) is 7.26. The van der Waals surface area contributed by atoms with Crippen LogP contribution in [0.3, 0.4) is 0 Å². The summed E-state index contributed by atoms with van der Waals surface area (Å²) < 4.78 is 33.8. The largest absolute Gasteiger partial charge is 0.490 e. The predicted molar refractivity (Wildman–Crippen MR) is 108 cm³/mol. The van der Waals surface area contributed by atoms with Crippen molar-refractivity contribution in [3.05, 3.63) is 47.5 Å². The smallest absolute Gasteiger partial charge is 0.475 e. The van der Waals surface area contributed by atoms with Gasteiger partial charge in [0.05, 0.1) is 17.1 Å². The highest BCUT2D eigenvalue weighted by molar-refractivity contribution is 5.73. The molecule has 0 spiro atoms. The molecule has 0 amide bonds. The summed E-state index contributed by atoms with van der Waals surface area (Å²) in [6.45, 7) is 9.20. The van der Waals surface area contributed by atoms with Gasteiger partial charge in [0, 0.05) is 50.7 Å². The molecule has 4 rings (SSSR count). The van der Waals surface area contributed by atoms with Crippen molar-refractivity contribution in [2.75, 3.05) is 26.2 Å². The Morgan fingerprint density at radius 3 is 2.42 bits per heavy atom. The number of alkyl halides is 3. The van der Waals surface area contributed by atoms with E-state index >= 15 is 0 Å². The molecule has 0 bridgehead atoms. The molecule has 0 aliphatic carbocycles. The van der Waals surface area contributed by atoms with Crippen LogP contribution in [-0.2, 0) is 11.3 Å². The number of aliphatic carboxylic acids is 1. The molecular formula is C20H23F3N6O2. The van der Waals surface area contributed by atoms with Crippen molar-refractivity contribution in [1.29, 1.82) is 0 Å². The molecule has 31 heavy (non-hydrogen) atoms. The lowest BCUT2D eigenvalue weighted by Crippen LogP contribution is -2.43. The van der Waals surface area contributed by atoms with Gasteiger partial charge in [0.2, 0.25) is 0 Å². The van der Waals surface area contributed by atoms with Crippen LogP contribution in [0.25, 0.3) is 16.9 Å². The minimum atomic E-state index is -5.08. The van der Waals surface area contributed by atoms with Crippen molar-refractivity contribution in [3.8, 4) is 11.3 Å². The first-order valence-electron chi connectivity index (χ1n) is 9.65. The Labute approximate surface area is 176 Å². The Morgan fingerprint density at radius 2 is 1.84 bits per heavy atom. The number of piperazine rings is 1. The summed E-state index contributed by atoms with van der Waals surface area (Å²) in [5.74, 6) is -2.76. The van der Waals surface area contributed by atoms with Crippen molar-refractivity contribution < 1.29 is 23.1 Å². The van der Waals surface area contributed by atoms with Crippen molar-refractivity contribution in [3.63, 3.8) is 0 Å². The van der Waals surface area contributed by atoms with Gasteiger partial charge in [-0.2, -0.15) is 23.4 Å². The maximum absolute atomic E-state index is 10.6. The van der Waals surface area contributed by atoms with Gasteiger partial charge < -0.3 is 14.8 Å². The Hall–Kier alpha value is -3.05. The zero-order chi connectivity index (χ0) is 22.6. The van der Waals surface area contributed by atoms with Crippen LogP contribution in [0, 0.1) is 13.8 Å². The summed E-state index contributed by atoms with van der Waals surface area (Å²) >= 11 is 0. The second-order valence-corrected chi connectivity index (χ2v) is 7.26. The highest BCUT2D eigenvalue weighted by Crippen LogP contribution is 2.21. The normalized spacial score (nSPS) is 14.9. The predicted octanol–water partition coefficient (Wildman–Crippen LogP) is 2.45. The Morgan fingerprint density at radius 1 is 1.16 bits per heavy atom. The van der Waals surface area contributed by atoms with E-state index in [4.69, 9.17) is 9.90 Å². The van der Waals surface area contributed by atoms with Crippen LogP contribution < -0.4 is 5.32 Å². The lowest BCUT2D eigenvalue weighted by atomic mass is 10.1. The number of nitrogens with one attached hydrogen (secondary N) is 1. The van der Waals surface area contributed by atoms with Gasteiger partial charge in [-0.15, -0.1) is 0 Å². The first kappa shape index (κ1) is 22.6. The fourth-order valence-corrected chi connectivity index (χ4v) is 3.23. The van der Waals surface area contributed by atoms with E-state index in [2.05, 4.69) is 61.1 Å². The van der Waals surface area contributed by atoms with Gasteiger partial charge in [-0.1, -0.05) is 0 Å². The van der Waals surface area contributed by atoms with Gasteiger partial charge in [-0.25, -0.2) is 9.78 Å². The summed E-state index contributed by atoms with van der Waals surface area (Å²) in [7, 11) is 0. The minimum absolute atomic E-state index is 0.869. The molecule has 11 heteroatoms. The first-order valence-corrected chi connectivity index (χ1v) is 9.65. The number of pyridine rings is 1. The Balaban J connectivity index is 0.000000339. The third-order valence-electron chi connectivity index (χ3n) is 4.71. The number of halogens is 3. The molecule has 3 aromatic heterocycles. The minimum Gasteiger partial charge on any atom is -0.475 e. The number of carboxylic acids is 1. The molecule has 3 aromatic rings. The average molecular weight is 436 g/mol. The van der Waals surface area contributed by atoms with Gasteiger partial charge in [0.1, 0.15) is 5.65 Å². The van der Waals surface area contributed by atoms with Crippen LogP contribution in [0.1, 0.15) is 17.0 Å².